The van der Waals surface area contributed by atoms with E-state index < -0.39 is 5.82 Å². The molecule has 24 heavy (non-hydrogen) atoms. The Morgan fingerprint density at radius 1 is 1.33 bits per heavy atom. The molecule has 0 fully saturated rings. The standard InChI is InChI=1S/C18H18FN3O2/c1-11(18-21-14-5-3-4-6-15(14)22-18)20-17(23)10-12-7-8-16(24-2)13(19)9-12/h3-9,11H,10H2,1-2H3,(H,20,23)(H,21,22). The van der Waals surface area contributed by atoms with Crippen molar-refractivity contribution in [2.24, 2.45) is 0 Å². The normalized spacial score (nSPS) is 12.1. The highest BCUT2D eigenvalue weighted by Gasteiger charge is 2.14. The number of imidazole rings is 1. The Morgan fingerprint density at radius 2 is 2.12 bits per heavy atom. The molecule has 5 nitrogen and oxygen atoms in total. The lowest BCUT2D eigenvalue weighted by Gasteiger charge is -2.12. The van der Waals surface area contributed by atoms with Crippen molar-refractivity contribution < 1.29 is 13.9 Å². The fraction of sp³-hybridized carbons (Fsp3) is 0.222. The maximum atomic E-state index is 13.7. The molecule has 0 radical (unpaired) electrons. The highest BCUT2D eigenvalue weighted by atomic mass is 19.1. The molecule has 0 saturated heterocycles. The van der Waals surface area contributed by atoms with Gasteiger partial charge in [-0.1, -0.05) is 18.2 Å². The van der Waals surface area contributed by atoms with Crippen LogP contribution >= 0.6 is 0 Å². The third-order valence-electron chi connectivity index (χ3n) is 3.78. The van der Waals surface area contributed by atoms with E-state index in [9.17, 15) is 9.18 Å². The van der Waals surface area contributed by atoms with Gasteiger partial charge in [-0.2, -0.15) is 0 Å². The molecule has 1 heterocycles. The summed E-state index contributed by atoms with van der Waals surface area (Å²) in [5, 5.41) is 2.87. The largest absolute Gasteiger partial charge is 0.494 e. The lowest BCUT2D eigenvalue weighted by atomic mass is 10.1. The van der Waals surface area contributed by atoms with Crippen LogP contribution in [-0.4, -0.2) is 23.0 Å². The smallest absolute Gasteiger partial charge is 0.224 e. The number of halogens is 1. The number of hydrogen-bond donors (Lipinski definition) is 2. The molecule has 6 heteroatoms. The van der Waals surface area contributed by atoms with Crippen molar-refractivity contribution in [3.63, 3.8) is 0 Å². The van der Waals surface area contributed by atoms with E-state index in [1.54, 1.807) is 6.07 Å². The van der Waals surface area contributed by atoms with Gasteiger partial charge >= 0.3 is 0 Å². The second-order valence-electron chi connectivity index (χ2n) is 5.57. The Hall–Kier alpha value is -2.89. The molecule has 3 rings (SSSR count). The number of rotatable bonds is 5. The van der Waals surface area contributed by atoms with Gasteiger partial charge in [0.25, 0.3) is 0 Å². The van der Waals surface area contributed by atoms with Crippen LogP contribution in [-0.2, 0) is 11.2 Å². The van der Waals surface area contributed by atoms with E-state index in [1.165, 1.54) is 19.2 Å². The summed E-state index contributed by atoms with van der Waals surface area (Å²) in [5.74, 6) is 0.168. The van der Waals surface area contributed by atoms with Gasteiger partial charge in [0.1, 0.15) is 5.82 Å². The number of ether oxygens (including phenoxy) is 1. The predicted octanol–water partition coefficient (Wildman–Crippen LogP) is 3.13. The highest BCUT2D eigenvalue weighted by Crippen LogP contribution is 2.19. The van der Waals surface area contributed by atoms with Gasteiger partial charge < -0.3 is 15.0 Å². The molecule has 0 saturated carbocycles. The summed E-state index contributed by atoms with van der Waals surface area (Å²) in [5.41, 5.74) is 2.36. The first kappa shape index (κ1) is 16.0. The number of aromatic amines is 1. The van der Waals surface area contributed by atoms with Crippen LogP contribution in [0.5, 0.6) is 5.75 Å². The second-order valence-corrected chi connectivity index (χ2v) is 5.57. The zero-order chi connectivity index (χ0) is 17.1. The van der Waals surface area contributed by atoms with E-state index >= 15 is 0 Å². The first-order valence-electron chi connectivity index (χ1n) is 7.63. The van der Waals surface area contributed by atoms with Crippen LogP contribution in [0.1, 0.15) is 24.4 Å². The number of carbonyl (C=O) groups is 1. The molecule has 2 N–H and O–H groups in total. The van der Waals surface area contributed by atoms with Crippen LogP contribution in [0, 0.1) is 5.82 Å². The maximum absolute atomic E-state index is 13.7. The number of amides is 1. The topological polar surface area (TPSA) is 67.0 Å². The van der Waals surface area contributed by atoms with E-state index in [-0.39, 0.29) is 24.1 Å². The molecular weight excluding hydrogens is 309 g/mol. The van der Waals surface area contributed by atoms with Gasteiger partial charge in [0.2, 0.25) is 5.91 Å². The molecule has 3 aromatic rings. The van der Waals surface area contributed by atoms with Crippen molar-refractivity contribution in [2.45, 2.75) is 19.4 Å². The van der Waals surface area contributed by atoms with Crippen LogP contribution in [0.25, 0.3) is 11.0 Å². The van der Waals surface area contributed by atoms with Crippen LogP contribution in [0.4, 0.5) is 4.39 Å². The van der Waals surface area contributed by atoms with Crippen molar-refractivity contribution in [3.8, 4) is 5.75 Å². The number of fused-ring (bicyclic) bond motifs is 1. The van der Waals surface area contributed by atoms with Crippen molar-refractivity contribution in [3.05, 3.63) is 59.7 Å². The van der Waals surface area contributed by atoms with Crippen molar-refractivity contribution >= 4 is 16.9 Å². The number of H-pyrrole nitrogens is 1. The molecule has 0 spiro atoms. The summed E-state index contributed by atoms with van der Waals surface area (Å²) in [6, 6.07) is 11.9. The number of methoxy groups -OCH3 is 1. The molecule has 0 aliphatic rings. The summed E-state index contributed by atoms with van der Waals surface area (Å²) >= 11 is 0. The van der Waals surface area contributed by atoms with Gasteiger partial charge in [-0.3, -0.25) is 4.79 Å². The fourth-order valence-corrected chi connectivity index (χ4v) is 2.54. The van der Waals surface area contributed by atoms with E-state index in [0.717, 1.165) is 11.0 Å². The molecular formula is C18H18FN3O2. The lowest BCUT2D eigenvalue weighted by Crippen LogP contribution is -2.28. The van der Waals surface area contributed by atoms with Gasteiger partial charge in [0.15, 0.2) is 11.6 Å². The maximum Gasteiger partial charge on any atom is 0.224 e. The Labute approximate surface area is 138 Å². The molecule has 2 aromatic carbocycles. The van der Waals surface area contributed by atoms with Crippen LogP contribution < -0.4 is 10.1 Å². The number of hydrogen-bond acceptors (Lipinski definition) is 3. The molecule has 0 aliphatic carbocycles. The first-order valence-corrected chi connectivity index (χ1v) is 7.63. The zero-order valence-electron chi connectivity index (χ0n) is 13.5. The number of aromatic nitrogens is 2. The quantitative estimate of drug-likeness (QED) is 0.756. The minimum Gasteiger partial charge on any atom is -0.494 e. The number of nitrogens with zero attached hydrogens (tertiary/aromatic N) is 1. The number of para-hydroxylation sites is 2. The van der Waals surface area contributed by atoms with E-state index in [1.807, 2.05) is 31.2 Å². The molecule has 0 aliphatic heterocycles. The Morgan fingerprint density at radius 3 is 2.83 bits per heavy atom. The SMILES string of the molecule is COc1ccc(CC(=O)NC(C)c2nc3ccccc3[nH]2)cc1F. The molecule has 124 valence electrons. The Balaban J connectivity index is 1.66. The minimum atomic E-state index is -0.479. The average molecular weight is 327 g/mol. The summed E-state index contributed by atoms with van der Waals surface area (Å²) in [6.45, 7) is 1.85. The molecule has 1 amide bonds. The van der Waals surface area contributed by atoms with Crippen LogP contribution in [0.2, 0.25) is 0 Å². The highest BCUT2D eigenvalue weighted by molar-refractivity contribution is 5.79. The van der Waals surface area contributed by atoms with E-state index in [2.05, 4.69) is 15.3 Å². The van der Waals surface area contributed by atoms with Crippen molar-refractivity contribution in [2.75, 3.05) is 7.11 Å². The number of benzene rings is 2. The monoisotopic (exact) mass is 327 g/mol. The van der Waals surface area contributed by atoms with Crippen molar-refractivity contribution in [1.82, 2.24) is 15.3 Å². The third-order valence-corrected chi connectivity index (χ3v) is 3.78. The Bertz CT molecular complexity index is 843. The van der Waals surface area contributed by atoms with Crippen LogP contribution in [0.15, 0.2) is 42.5 Å². The molecule has 1 aromatic heterocycles. The lowest BCUT2D eigenvalue weighted by molar-refractivity contribution is -0.121. The van der Waals surface area contributed by atoms with Gasteiger partial charge in [0, 0.05) is 0 Å². The molecule has 1 atom stereocenters. The van der Waals surface area contributed by atoms with Gasteiger partial charge in [-0.25, -0.2) is 9.37 Å². The second kappa shape index (κ2) is 6.70. The Kier molecular flexibility index (Phi) is 4.46. The first-order chi connectivity index (χ1) is 11.6. The zero-order valence-corrected chi connectivity index (χ0v) is 13.5. The summed E-state index contributed by atoms with van der Waals surface area (Å²) < 4.78 is 18.5. The third kappa shape index (κ3) is 3.37. The molecule has 1 unspecified atom stereocenters. The minimum absolute atomic E-state index is 0.0888. The summed E-state index contributed by atoms with van der Waals surface area (Å²) in [6.07, 6.45) is 0.0888. The van der Waals surface area contributed by atoms with Gasteiger partial charge in [-0.05, 0) is 36.8 Å². The average Bonchev–Trinajstić information content (AvgIpc) is 2.99. The van der Waals surface area contributed by atoms with E-state index in [4.69, 9.17) is 4.74 Å². The predicted molar refractivity (Wildman–Crippen MR) is 89.3 cm³/mol. The molecule has 0 bridgehead atoms. The summed E-state index contributed by atoms with van der Waals surface area (Å²) in [4.78, 5) is 19.8. The number of carbonyl (C=O) groups excluding carboxylic acids is 1. The van der Waals surface area contributed by atoms with Crippen molar-refractivity contribution in [1.29, 1.82) is 0 Å². The van der Waals surface area contributed by atoms with Gasteiger partial charge in [0.05, 0.1) is 30.6 Å². The van der Waals surface area contributed by atoms with Gasteiger partial charge in [-0.15, -0.1) is 0 Å². The van der Waals surface area contributed by atoms with Crippen LogP contribution in [0.3, 0.4) is 0 Å². The fourth-order valence-electron chi connectivity index (χ4n) is 2.54. The van der Waals surface area contributed by atoms with E-state index in [0.29, 0.717) is 11.4 Å². The summed E-state index contributed by atoms with van der Waals surface area (Å²) in [7, 11) is 1.40. The number of nitrogens with one attached hydrogen (secondary N) is 2.